The molecule has 25 heavy (non-hydrogen) atoms. The van der Waals surface area contributed by atoms with E-state index in [4.69, 9.17) is 28.9 Å². The van der Waals surface area contributed by atoms with Crippen LogP contribution in [0.25, 0.3) is 22.9 Å². The number of halogens is 1. The zero-order valence-electron chi connectivity index (χ0n) is 12.5. The number of hydrogen-bond acceptors (Lipinski definition) is 4. The van der Waals surface area contributed by atoms with Crippen LogP contribution < -0.4 is 0 Å². The molecule has 0 aliphatic heterocycles. The number of pyridine rings is 1. The van der Waals surface area contributed by atoms with Crippen molar-refractivity contribution < 1.29 is 9.90 Å². The highest BCUT2D eigenvalue weighted by molar-refractivity contribution is 7.71. The lowest BCUT2D eigenvalue weighted by atomic mass is 10.2. The number of nitrogens with zero attached hydrogens (tertiary/aromatic N) is 4. The van der Waals surface area contributed by atoms with E-state index in [0.29, 0.717) is 32.6 Å². The molecule has 9 heteroatoms. The molecule has 0 amide bonds. The molecule has 0 bridgehead atoms. The summed E-state index contributed by atoms with van der Waals surface area (Å²) in [5, 5.41) is 16.6. The van der Waals surface area contributed by atoms with Crippen LogP contribution in [0.3, 0.4) is 0 Å². The van der Waals surface area contributed by atoms with Gasteiger partial charge in [-0.2, -0.15) is 5.10 Å². The Morgan fingerprint density at radius 3 is 2.72 bits per heavy atom. The summed E-state index contributed by atoms with van der Waals surface area (Å²) in [6.45, 7) is 0. The lowest BCUT2D eigenvalue weighted by molar-refractivity contribution is 0.0697. The van der Waals surface area contributed by atoms with Gasteiger partial charge in [-0.05, 0) is 42.5 Å². The minimum absolute atomic E-state index is 0.197. The summed E-state index contributed by atoms with van der Waals surface area (Å²) in [6.07, 6.45) is 3.63. The maximum absolute atomic E-state index is 11.0. The molecule has 3 aromatic heterocycles. The van der Waals surface area contributed by atoms with Crippen molar-refractivity contribution >= 4 is 35.4 Å². The Labute approximate surface area is 151 Å². The summed E-state index contributed by atoms with van der Waals surface area (Å²) in [5.41, 5.74) is 2.18. The fourth-order valence-corrected chi connectivity index (χ4v) is 2.92. The molecule has 124 valence electrons. The molecule has 1 aromatic carbocycles. The van der Waals surface area contributed by atoms with Crippen molar-refractivity contribution in [3.8, 4) is 17.2 Å². The van der Waals surface area contributed by atoms with Crippen LogP contribution in [0.2, 0.25) is 5.02 Å². The number of H-pyrrole nitrogens is 1. The summed E-state index contributed by atoms with van der Waals surface area (Å²) in [5.74, 6) is -0.465. The number of aromatic carboxylic acids is 1. The maximum Gasteiger partial charge on any atom is 0.335 e. The fourth-order valence-electron chi connectivity index (χ4n) is 2.53. The maximum atomic E-state index is 11.0. The van der Waals surface area contributed by atoms with Crippen LogP contribution >= 0.6 is 23.8 Å². The molecule has 7 nitrogen and oxygen atoms in total. The van der Waals surface area contributed by atoms with Crippen LogP contribution in [-0.2, 0) is 0 Å². The number of aromatic amines is 1. The SMILES string of the molecule is O=C(O)c1ccc(-n2c(-c3cn4ccc(Cl)cc4n3)n[nH]c2=S)cc1. The Morgan fingerprint density at radius 1 is 1.24 bits per heavy atom. The first-order chi connectivity index (χ1) is 12.0. The van der Waals surface area contributed by atoms with Gasteiger partial charge in [0.2, 0.25) is 0 Å². The fraction of sp³-hybridized carbons (Fsp3) is 0. The van der Waals surface area contributed by atoms with E-state index in [-0.39, 0.29) is 5.56 Å². The van der Waals surface area contributed by atoms with Crippen molar-refractivity contribution in [3.63, 3.8) is 0 Å². The minimum Gasteiger partial charge on any atom is -0.478 e. The van der Waals surface area contributed by atoms with Gasteiger partial charge in [0.05, 0.1) is 11.3 Å². The molecule has 0 saturated heterocycles. The third kappa shape index (κ3) is 2.71. The Morgan fingerprint density at radius 2 is 2.00 bits per heavy atom. The molecule has 0 aliphatic carbocycles. The standard InChI is InChI=1S/C16H10ClN5O2S/c17-10-5-6-21-8-12(18-13(21)7-10)14-19-20-16(25)22(14)11-3-1-9(2-4-11)15(23)24/h1-8H,(H,20,25)(H,23,24). The van der Waals surface area contributed by atoms with Crippen molar-refractivity contribution in [2.24, 2.45) is 0 Å². The van der Waals surface area contributed by atoms with E-state index in [9.17, 15) is 4.79 Å². The number of carbonyl (C=O) groups is 1. The number of fused-ring (bicyclic) bond motifs is 1. The predicted molar refractivity (Wildman–Crippen MR) is 94.9 cm³/mol. The van der Waals surface area contributed by atoms with E-state index in [2.05, 4.69) is 15.2 Å². The highest BCUT2D eigenvalue weighted by Gasteiger charge is 2.15. The average molecular weight is 372 g/mol. The van der Waals surface area contributed by atoms with Gasteiger partial charge in [-0.1, -0.05) is 11.6 Å². The molecule has 0 spiro atoms. The van der Waals surface area contributed by atoms with E-state index in [1.54, 1.807) is 35.0 Å². The second-order valence-electron chi connectivity index (χ2n) is 5.28. The second-order valence-corrected chi connectivity index (χ2v) is 6.10. The predicted octanol–water partition coefficient (Wildman–Crippen LogP) is 3.60. The Kier molecular flexibility index (Phi) is 3.63. The van der Waals surface area contributed by atoms with Gasteiger partial charge in [-0.15, -0.1) is 0 Å². The van der Waals surface area contributed by atoms with Crippen LogP contribution in [0.1, 0.15) is 10.4 Å². The highest BCUT2D eigenvalue weighted by atomic mass is 35.5. The molecule has 2 N–H and O–H groups in total. The highest BCUT2D eigenvalue weighted by Crippen LogP contribution is 2.23. The van der Waals surface area contributed by atoms with Crippen molar-refractivity contribution in [1.82, 2.24) is 24.1 Å². The van der Waals surface area contributed by atoms with Crippen LogP contribution in [0, 0.1) is 4.77 Å². The Balaban J connectivity index is 1.86. The molecule has 0 unspecified atom stereocenters. The first-order valence-corrected chi connectivity index (χ1v) is 7.97. The quantitative estimate of drug-likeness (QED) is 0.537. The molecule has 0 saturated carbocycles. The molecular formula is C16H10ClN5O2S. The number of imidazole rings is 1. The number of aromatic nitrogens is 5. The van der Waals surface area contributed by atoms with Crippen molar-refractivity contribution in [1.29, 1.82) is 0 Å². The molecule has 0 atom stereocenters. The summed E-state index contributed by atoms with van der Waals surface area (Å²) < 4.78 is 3.91. The third-order valence-electron chi connectivity index (χ3n) is 3.70. The zero-order valence-corrected chi connectivity index (χ0v) is 14.1. The summed E-state index contributed by atoms with van der Waals surface area (Å²) >= 11 is 11.3. The number of hydrogen-bond donors (Lipinski definition) is 2. The van der Waals surface area contributed by atoms with E-state index in [1.807, 2.05) is 10.6 Å². The molecular weight excluding hydrogens is 362 g/mol. The smallest absolute Gasteiger partial charge is 0.335 e. The molecule has 3 heterocycles. The first-order valence-electron chi connectivity index (χ1n) is 7.19. The molecule has 0 aliphatic rings. The second kappa shape index (κ2) is 5.83. The van der Waals surface area contributed by atoms with Crippen LogP contribution in [0.4, 0.5) is 0 Å². The van der Waals surface area contributed by atoms with Gasteiger partial charge in [0, 0.05) is 23.5 Å². The van der Waals surface area contributed by atoms with E-state index in [1.165, 1.54) is 12.1 Å². The lowest BCUT2D eigenvalue weighted by Gasteiger charge is -2.05. The summed E-state index contributed by atoms with van der Waals surface area (Å²) in [4.78, 5) is 15.5. The van der Waals surface area contributed by atoms with E-state index in [0.717, 1.165) is 0 Å². The lowest BCUT2D eigenvalue weighted by Crippen LogP contribution is -2.00. The van der Waals surface area contributed by atoms with Gasteiger partial charge in [-0.25, -0.2) is 9.78 Å². The van der Waals surface area contributed by atoms with Crippen LogP contribution in [-0.4, -0.2) is 35.2 Å². The number of nitrogens with one attached hydrogen (secondary N) is 1. The van der Waals surface area contributed by atoms with Gasteiger partial charge in [0.25, 0.3) is 0 Å². The van der Waals surface area contributed by atoms with E-state index < -0.39 is 5.97 Å². The Hall–Kier alpha value is -2.97. The number of carboxylic acid groups (broad SMARTS) is 1. The van der Waals surface area contributed by atoms with Gasteiger partial charge < -0.3 is 9.51 Å². The monoisotopic (exact) mass is 371 g/mol. The van der Waals surface area contributed by atoms with E-state index >= 15 is 0 Å². The largest absolute Gasteiger partial charge is 0.478 e. The number of carboxylic acids is 1. The molecule has 0 fully saturated rings. The van der Waals surface area contributed by atoms with Crippen LogP contribution in [0.15, 0.2) is 48.8 Å². The van der Waals surface area contributed by atoms with Gasteiger partial charge in [-0.3, -0.25) is 9.67 Å². The van der Waals surface area contributed by atoms with Gasteiger partial charge in [0.15, 0.2) is 10.6 Å². The topological polar surface area (TPSA) is 88.2 Å². The molecule has 0 radical (unpaired) electrons. The third-order valence-corrected chi connectivity index (χ3v) is 4.21. The number of rotatable bonds is 3. The normalized spacial score (nSPS) is 11.1. The van der Waals surface area contributed by atoms with Crippen LogP contribution in [0.5, 0.6) is 0 Å². The molecule has 4 aromatic rings. The van der Waals surface area contributed by atoms with Gasteiger partial charge >= 0.3 is 5.97 Å². The number of benzene rings is 1. The van der Waals surface area contributed by atoms with Crippen molar-refractivity contribution in [2.75, 3.05) is 0 Å². The van der Waals surface area contributed by atoms with Crippen molar-refractivity contribution in [2.45, 2.75) is 0 Å². The summed E-state index contributed by atoms with van der Waals surface area (Å²) in [7, 11) is 0. The first kappa shape index (κ1) is 15.6. The average Bonchev–Trinajstić information content (AvgIpc) is 3.17. The van der Waals surface area contributed by atoms with Crippen molar-refractivity contribution in [3.05, 3.63) is 64.1 Å². The summed E-state index contributed by atoms with van der Waals surface area (Å²) in [6, 6.07) is 9.88. The Bertz CT molecular complexity index is 1160. The zero-order chi connectivity index (χ0) is 17.6. The minimum atomic E-state index is -0.986. The van der Waals surface area contributed by atoms with Gasteiger partial charge in [0.1, 0.15) is 11.3 Å². The molecule has 4 rings (SSSR count).